The minimum atomic E-state index is 0.418. The Hall–Kier alpha value is -0.570. The molecule has 1 saturated heterocycles. The first kappa shape index (κ1) is 5.23. The van der Waals surface area contributed by atoms with Crippen molar-refractivity contribution in [2.24, 2.45) is 4.99 Å². The Morgan fingerprint density at radius 1 is 1.67 bits per heavy atom. The second-order valence-corrected chi connectivity index (χ2v) is 2.28. The molecule has 0 aromatic rings. The highest BCUT2D eigenvalue weighted by atomic mass is 16.6. The summed E-state index contributed by atoms with van der Waals surface area (Å²) in [5, 5.41) is 0. The molecule has 0 radical (unpaired) electrons. The number of ether oxygens (including phenoxy) is 2. The summed E-state index contributed by atoms with van der Waals surface area (Å²) in [6.45, 7) is 2.49. The van der Waals surface area contributed by atoms with E-state index in [9.17, 15) is 0 Å². The summed E-state index contributed by atoms with van der Waals surface area (Å²) in [5.74, 6) is 0.887. The molecule has 0 aromatic carbocycles. The summed E-state index contributed by atoms with van der Waals surface area (Å²) in [6, 6.07) is 0. The molecule has 2 rings (SSSR count). The van der Waals surface area contributed by atoms with Crippen LogP contribution in [0.4, 0.5) is 0 Å². The smallest absolute Gasteiger partial charge is 0.186 e. The van der Waals surface area contributed by atoms with Gasteiger partial charge >= 0.3 is 0 Å². The van der Waals surface area contributed by atoms with Crippen LogP contribution < -0.4 is 0 Å². The monoisotopic (exact) mass is 127 g/mol. The van der Waals surface area contributed by atoms with Crippen LogP contribution in [0.2, 0.25) is 0 Å². The van der Waals surface area contributed by atoms with E-state index in [2.05, 4.69) is 4.99 Å². The number of hydrogen-bond donors (Lipinski definition) is 0. The predicted molar refractivity (Wildman–Crippen MR) is 32.6 cm³/mol. The molecule has 0 amide bonds. The zero-order valence-corrected chi connectivity index (χ0v) is 5.17. The van der Waals surface area contributed by atoms with Crippen LogP contribution in [-0.4, -0.2) is 31.8 Å². The molecule has 9 heavy (non-hydrogen) atoms. The van der Waals surface area contributed by atoms with Crippen LogP contribution in [0.25, 0.3) is 0 Å². The van der Waals surface area contributed by atoms with Crippen molar-refractivity contribution in [3.63, 3.8) is 0 Å². The van der Waals surface area contributed by atoms with Crippen molar-refractivity contribution in [3.8, 4) is 0 Å². The Labute approximate surface area is 53.7 Å². The normalized spacial score (nSPS) is 31.6. The van der Waals surface area contributed by atoms with E-state index in [0.29, 0.717) is 6.10 Å². The van der Waals surface area contributed by atoms with Gasteiger partial charge in [0.15, 0.2) is 5.90 Å². The fourth-order valence-electron chi connectivity index (χ4n) is 0.884. The largest absolute Gasteiger partial charge is 0.479 e. The third-order valence-electron chi connectivity index (χ3n) is 1.45. The number of hydrogen-bond acceptors (Lipinski definition) is 3. The summed E-state index contributed by atoms with van der Waals surface area (Å²) in [5.41, 5.74) is 0. The van der Waals surface area contributed by atoms with Gasteiger partial charge in [0.25, 0.3) is 0 Å². The fourth-order valence-corrected chi connectivity index (χ4v) is 0.884. The molecule has 0 saturated carbocycles. The molecule has 50 valence electrons. The van der Waals surface area contributed by atoms with E-state index in [0.717, 1.165) is 32.1 Å². The van der Waals surface area contributed by atoms with Gasteiger partial charge in [-0.15, -0.1) is 0 Å². The molecule has 0 aliphatic carbocycles. The van der Waals surface area contributed by atoms with Gasteiger partial charge in [-0.05, 0) is 0 Å². The second-order valence-electron chi connectivity index (χ2n) is 2.28. The molecule has 0 N–H and O–H groups in total. The van der Waals surface area contributed by atoms with Gasteiger partial charge in [-0.3, -0.25) is 4.99 Å². The molecule has 0 bridgehead atoms. The molecule has 2 aliphatic rings. The van der Waals surface area contributed by atoms with Crippen molar-refractivity contribution in [1.82, 2.24) is 0 Å². The third kappa shape index (κ3) is 1.21. The lowest BCUT2D eigenvalue weighted by molar-refractivity contribution is 0.327. The van der Waals surface area contributed by atoms with Gasteiger partial charge in [-0.25, -0.2) is 0 Å². The topological polar surface area (TPSA) is 34.1 Å². The van der Waals surface area contributed by atoms with Crippen LogP contribution in [0, 0.1) is 0 Å². The molecule has 3 heteroatoms. The first-order valence-corrected chi connectivity index (χ1v) is 3.23. The lowest BCUT2D eigenvalue weighted by Gasteiger charge is -1.95. The minimum Gasteiger partial charge on any atom is -0.479 e. The van der Waals surface area contributed by atoms with E-state index >= 15 is 0 Å². The molecule has 2 aliphatic heterocycles. The highest BCUT2D eigenvalue weighted by molar-refractivity contribution is 5.78. The van der Waals surface area contributed by atoms with E-state index in [4.69, 9.17) is 9.47 Å². The minimum absolute atomic E-state index is 0.418. The van der Waals surface area contributed by atoms with Crippen LogP contribution in [0.15, 0.2) is 4.99 Å². The maximum absolute atomic E-state index is 5.17. The lowest BCUT2D eigenvalue weighted by atomic mass is 10.3. The highest BCUT2D eigenvalue weighted by Crippen LogP contribution is 2.15. The van der Waals surface area contributed by atoms with Gasteiger partial charge < -0.3 is 9.47 Å². The maximum Gasteiger partial charge on any atom is 0.186 e. The van der Waals surface area contributed by atoms with Crippen molar-refractivity contribution in [2.45, 2.75) is 12.5 Å². The van der Waals surface area contributed by atoms with Crippen LogP contribution in [0.1, 0.15) is 6.42 Å². The number of rotatable bonds is 2. The Morgan fingerprint density at radius 3 is 3.11 bits per heavy atom. The predicted octanol–water partition coefficient (Wildman–Crippen LogP) is 0.204. The van der Waals surface area contributed by atoms with Gasteiger partial charge in [-0.1, -0.05) is 0 Å². The van der Waals surface area contributed by atoms with Crippen LogP contribution >= 0.6 is 0 Å². The zero-order chi connectivity index (χ0) is 6.10. The molecular weight excluding hydrogens is 118 g/mol. The number of nitrogens with zero attached hydrogens (tertiary/aromatic N) is 1. The Balaban J connectivity index is 1.82. The molecule has 3 nitrogen and oxygen atoms in total. The van der Waals surface area contributed by atoms with Crippen molar-refractivity contribution in [1.29, 1.82) is 0 Å². The van der Waals surface area contributed by atoms with Gasteiger partial charge in [0.05, 0.1) is 25.7 Å². The van der Waals surface area contributed by atoms with E-state index in [1.807, 2.05) is 0 Å². The summed E-state index contributed by atoms with van der Waals surface area (Å²) in [6.07, 6.45) is 1.31. The Bertz CT molecular complexity index is 140. The standard InChI is InChI=1S/C6H9NO2/c1-2-8-6(7-1)3-5-4-9-5/h5H,1-4H2. The number of aliphatic imine (C=N–C) groups is 1. The van der Waals surface area contributed by atoms with E-state index < -0.39 is 0 Å². The first-order valence-electron chi connectivity index (χ1n) is 3.23. The molecule has 1 atom stereocenters. The molecule has 0 aromatic heterocycles. The summed E-state index contributed by atoms with van der Waals surface area (Å²) < 4.78 is 10.2. The van der Waals surface area contributed by atoms with Gasteiger partial charge in [0.1, 0.15) is 6.61 Å². The second kappa shape index (κ2) is 1.99. The van der Waals surface area contributed by atoms with Gasteiger partial charge in [0, 0.05) is 0 Å². The van der Waals surface area contributed by atoms with Crippen LogP contribution in [-0.2, 0) is 9.47 Å². The highest BCUT2D eigenvalue weighted by Gasteiger charge is 2.26. The molecular formula is C6H9NO2. The fraction of sp³-hybridized carbons (Fsp3) is 0.833. The van der Waals surface area contributed by atoms with Crippen molar-refractivity contribution in [2.75, 3.05) is 19.8 Å². The molecule has 1 fully saturated rings. The van der Waals surface area contributed by atoms with Crippen molar-refractivity contribution < 1.29 is 9.47 Å². The van der Waals surface area contributed by atoms with E-state index in [-0.39, 0.29) is 0 Å². The Kier molecular flexibility index (Phi) is 1.16. The van der Waals surface area contributed by atoms with Crippen LogP contribution in [0.5, 0.6) is 0 Å². The summed E-state index contributed by atoms with van der Waals surface area (Å²) >= 11 is 0. The van der Waals surface area contributed by atoms with E-state index in [1.54, 1.807) is 0 Å². The SMILES string of the molecule is C1COC(CC2CO2)=N1. The van der Waals surface area contributed by atoms with Crippen molar-refractivity contribution in [3.05, 3.63) is 0 Å². The van der Waals surface area contributed by atoms with Crippen molar-refractivity contribution >= 4 is 5.90 Å². The van der Waals surface area contributed by atoms with Gasteiger partial charge in [0.2, 0.25) is 0 Å². The summed E-state index contributed by atoms with van der Waals surface area (Å²) in [4.78, 5) is 4.13. The molecule has 1 unspecified atom stereocenters. The lowest BCUT2D eigenvalue weighted by Crippen LogP contribution is -2.02. The third-order valence-corrected chi connectivity index (χ3v) is 1.45. The average molecular weight is 127 g/mol. The number of epoxide rings is 1. The zero-order valence-electron chi connectivity index (χ0n) is 5.17. The van der Waals surface area contributed by atoms with Gasteiger partial charge in [-0.2, -0.15) is 0 Å². The molecule has 2 heterocycles. The van der Waals surface area contributed by atoms with E-state index in [1.165, 1.54) is 0 Å². The first-order chi connectivity index (χ1) is 4.45. The maximum atomic E-state index is 5.17. The Morgan fingerprint density at radius 2 is 2.56 bits per heavy atom. The quantitative estimate of drug-likeness (QED) is 0.497. The summed E-state index contributed by atoms with van der Waals surface area (Å²) in [7, 11) is 0. The average Bonchev–Trinajstić information content (AvgIpc) is 2.46. The van der Waals surface area contributed by atoms with Crippen LogP contribution in [0.3, 0.4) is 0 Å². The molecule has 0 spiro atoms.